The molecule has 5 heterocycles. The number of phosphoric acid groups is 2. The number of aliphatic imine (C=N–C) groups is 1. The van der Waals surface area contributed by atoms with Crippen LogP contribution >= 0.6 is 15.6 Å². The summed E-state index contributed by atoms with van der Waals surface area (Å²) in [5, 5.41) is 59.0. The number of aryl methyl sites for hydroxylation is 2. The van der Waals surface area contributed by atoms with Crippen LogP contribution in [-0.4, -0.2) is 130 Å². The summed E-state index contributed by atoms with van der Waals surface area (Å²) in [7, 11) is -11.0. The van der Waals surface area contributed by atoms with Gasteiger partial charge in [-0.1, -0.05) is 0 Å². The predicted octanol–water partition coefficient (Wildman–Crippen LogP) is -4.60. The van der Waals surface area contributed by atoms with Gasteiger partial charge < -0.3 is 61.3 Å². The summed E-state index contributed by atoms with van der Waals surface area (Å²) in [6.07, 6.45) is -11.3. The average Bonchev–Trinajstić information content (AvgIpc) is 3.63. The lowest BCUT2D eigenvalue weighted by atomic mass is 10.1. The third-order valence-electron chi connectivity index (χ3n) is 8.82. The molecule has 13 N–H and O–H groups in total. The van der Waals surface area contributed by atoms with Crippen molar-refractivity contribution in [3.05, 3.63) is 55.6 Å². The molecule has 290 valence electrons. The van der Waals surface area contributed by atoms with Crippen LogP contribution in [-0.2, 0) is 33.8 Å². The van der Waals surface area contributed by atoms with Crippen molar-refractivity contribution in [3.8, 4) is 0 Å². The van der Waals surface area contributed by atoms with Gasteiger partial charge in [0.1, 0.15) is 60.7 Å². The maximum Gasteiger partial charge on any atom is 0.481 e. The van der Waals surface area contributed by atoms with Gasteiger partial charge in [0.2, 0.25) is 5.52 Å². The number of hydrogen-bond acceptors (Lipinski definition) is 19. The van der Waals surface area contributed by atoms with Crippen LogP contribution in [0.2, 0.25) is 0 Å². The summed E-state index contributed by atoms with van der Waals surface area (Å²) in [6, 6.07) is 3.34. The van der Waals surface area contributed by atoms with E-state index in [1.54, 1.807) is 26.0 Å². The molecular formula is C27H38N9O15P2+. The number of fused-ring (bicyclic) bond motifs is 2. The van der Waals surface area contributed by atoms with E-state index < -0.39 is 95.7 Å². The van der Waals surface area contributed by atoms with E-state index in [9.17, 15) is 54.0 Å². The first kappa shape index (κ1) is 39.0. The van der Waals surface area contributed by atoms with Crippen molar-refractivity contribution in [2.24, 2.45) is 10.7 Å². The normalized spacial score (nSPS) is 26.9. The smallest absolute Gasteiger partial charge is 0.388 e. The summed E-state index contributed by atoms with van der Waals surface area (Å²) in [5.41, 5.74) is 6.65. The Morgan fingerprint density at radius 1 is 1.06 bits per heavy atom. The molecule has 0 saturated carbocycles. The number of aliphatic hydroxyl groups is 5. The molecule has 1 aromatic carbocycles. The van der Waals surface area contributed by atoms with Crippen LogP contribution in [0.5, 0.6) is 0 Å². The Bertz CT molecular complexity index is 2180. The van der Waals surface area contributed by atoms with E-state index in [0.717, 1.165) is 11.1 Å². The van der Waals surface area contributed by atoms with Gasteiger partial charge in [-0.2, -0.15) is 9.29 Å². The summed E-state index contributed by atoms with van der Waals surface area (Å²) >= 11 is 0. The third kappa shape index (κ3) is 8.06. The van der Waals surface area contributed by atoms with Gasteiger partial charge in [0.05, 0.1) is 31.9 Å². The Balaban J connectivity index is 1.06. The molecule has 3 aliphatic heterocycles. The highest BCUT2D eigenvalue weighted by atomic mass is 31.3. The molecular weight excluding hydrogens is 752 g/mol. The van der Waals surface area contributed by atoms with E-state index >= 15 is 0 Å². The van der Waals surface area contributed by atoms with Crippen LogP contribution in [0.1, 0.15) is 11.1 Å². The highest BCUT2D eigenvalue weighted by molar-refractivity contribution is 7.61. The number of nitrogens with zero attached hydrogens (tertiary/aromatic N) is 4. The number of aromatic amines is 2. The number of phosphoric ester groups is 2. The van der Waals surface area contributed by atoms with Gasteiger partial charge in [-0.15, -0.1) is 0 Å². The molecule has 3 aliphatic rings. The maximum atomic E-state index is 12.6. The second-order valence-electron chi connectivity index (χ2n) is 12.5. The average molecular weight is 791 g/mol. The summed E-state index contributed by atoms with van der Waals surface area (Å²) in [5.74, 6) is 0.413. The lowest BCUT2D eigenvalue weighted by Crippen LogP contribution is -2.51. The molecule has 6 rings (SSSR count). The number of benzene rings is 1. The molecule has 3 aromatic rings. The Morgan fingerprint density at radius 2 is 1.75 bits per heavy atom. The Kier molecular flexibility index (Phi) is 10.9. The fourth-order valence-corrected chi connectivity index (χ4v) is 8.04. The minimum atomic E-state index is -5.52. The van der Waals surface area contributed by atoms with Crippen molar-refractivity contribution >= 4 is 44.2 Å². The zero-order valence-electron chi connectivity index (χ0n) is 27.8. The monoisotopic (exact) mass is 790 g/mol. The van der Waals surface area contributed by atoms with Gasteiger partial charge >= 0.3 is 27.0 Å². The topological polar surface area (TPSA) is 361 Å². The molecule has 2 aromatic heterocycles. The molecule has 0 spiro atoms. The van der Waals surface area contributed by atoms with E-state index in [4.69, 9.17) is 15.0 Å². The molecule has 0 aliphatic carbocycles. The largest absolute Gasteiger partial charge is 0.481 e. The molecule has 26 heteroatoms. The zero-order chi connectivity index (χ0) is 38.6. The van der Waals surface area contributed by atoms with Crippen LogP contribution in [0.3, 0.4) is 0 Å². The molecule has 1 fully saturated rings. The Morgan fingerprint density at radius 3 is 2.49 bits per heavy atom. The Hall–Kier alpha value is -3.71. The van der Waals surface area contributed by atoms with Crippen LogP contribution in [0.25, 0.3) is 22.2 Å². The van der Waals surface area contributed by atoms with E-state index in [1.807, 2.05) is 0 Å². The molecule has 53 heavy (non-hydrogen) atoms. The summed E-state index contributed by atoms with van der Waals surface area (Å²) in [4.78, 5) is 59.1. The van der Waals surface area contributed by atoms with Crippen LogP contribution in [0, 0.1) is 13.8 Å². The van der Waals surface area contributed by atoms with Crippen molar-refractivity contribution in [1.29, 1.82) is 0 Å². The third-order valence-corrected chi connectivity index (χ3v) is 11.4. The highest BCUT2D eigenvalue weighted by Gasteiger charge is 2.49. The van der Waals surface area contributed by atoms with Gasteiger partial charge in [0.25, 0.3) is 5.56 Å². The fourth-order valence-electron chi connectivity index (χ4n) is 5.94. The van der Waals surface area contributed by atoms with Crippen molar-refractivity contribution < 1.29 is 67.1 Å². The first-order valence-electron chi connectivity index (χ1n) is 15.8. The lowest BCUT2D eigenvalue weighted by Gasteiger charge is -2.30. The number of nitrogens with two attached hydrogens (primary N) is 1. The highest BCUT2D eigenvalue weighted by Crippen LogP contribution is 2.60. The van der Waals surface area contributed by atoms with Crippen LogP contribution in [0.4, 0.5) is 0 Å². The van der Waals surface area contributed by atoms with Crippen molar-refractivity contribution in [2.45, 2.75) is 69.4 Å². The standard InChI is InChI=1S/C27H37N9O15P2/c1-10-3-12-13(4-11(10)2)35(24-18(32-12)25(42)34-27(43)33-24)5-14(37)19(39)15(38)6-48-52(44,45)51-53(46,47)49-7-16-20(40)21(41)26(50-16)36-9-31-17-22(28)29-8-30-23(17)36/h3-4,8,14-16,19-22,26,37-41H,5-7,9,28H2,1-2H3,(H5,29,30,31,32,33,34,42,43,44,45,46,47)/p+1/t14-,15+,16+,19-,20+,21+,22-,26+/m0/s1. The maximum absolute atomic E-state index is 12.6. The molecule has 2 unspecified atom stereocenters. The van der Waals surface area contributed by atoms with Crippen LogP contribution < -0.4 is 32.2 Å². The second kappa shape index (κ2) is 14.8. The van der Waals surface area contributed by atoms with Crippen molar-refractivity contribution in [1.82, 2.24) is 30.5 Å². The van der Waals surface area contributed by atoms with Crippen molar-refractivity contribution in [3.63, 3.8) is 0 Å². The number of aromatic nitrogens is 4. The first-order chi connectivity index (χ1) is 24.9. The van der Waals surface area contributed by atoms with Gasteiger partial charge in [-0.05, 0) is 37.1 Å². The quantitative estimate of drug-likeness (QED) is 0.0440. The van der Waals surface area contributed by atoms with Gasteiger partial charge in [0.15, 0.2) is 11.7 Å². The van der Waals surface area contributed by atoms with E-state index in [0.29, 0.717) is 22.6 Å². The fraction of sp³-hybridized carbons (Fsp3) is 0.519. The second-order valence-corrected chi connectivity index (χ2v) is 15.5. The molecule has 10 atom stereocenters. The van der Waals surface area contributed by atoms with E-state index in [2.05, 4.69) is 39.4 Å². The molecule has 1 saturated heterocycles. The van der Waals surface area contributed by atoms with Gasteiger partial charge in [-0.3, -0.25) is 23.8 Å². The first-order valence-corrected chi connectivity index (χ1v) is 18.8. The Labute approximate surface area is 297 Å². The summed E-state index contributed by atoms with van der Waals surface area (Å²) < 4.78 is 45.6. The lowest BCUT2D eigenvalue weighted by molar-refractivity contribution is -0.657. The predicted molar refractivity (Wildman–Crippen MR) is 178 cm³/mol. The minimum Gasteiger partial charge on any atom is -0.388 e. The number of ether oxygens (including phenoxy) is 1. The SMILES string of the molecule is Cc1cc2nc3c(=O)[nH]c(=O)[nH]c3[n+](C[C@H](O)[C@H](O)[C@H](O)COP(=O)(O)OP(=O)(O)OC[C@H]3O[C@@H](N4CNC5=C4NC=N[C@@H]5N)[C@H](O)[C@@H]3O)c2cc1C. The molecule has 24 nitrogen and oxygen atoms in total. The summed E-state index contributed by atoms with van der Waals surface area (Å²) in [6.45, 7) is 1.02. The van der Waals surface area contributed by atoms with E-state index in [-0.39, 0.29) is 17.8 Å². The number of aliphatic hydroxyl groups excluding tert-OH is 5. The number of hydrogen-bond donors (Lipinski definition) is 12. The van der Waals surface area contributed by atoms with E-state index in [1.165, 1.54) is 15.8 Å². The van der Waals surface area contributed by atoms with Crippen molar-refractivity contribution in [2.75, 3.05) is 19.9 Å². The zero-order valence-corrected chi connectivity index (χ0v) is 29.6. The molecule has 0 bridgehead atoms. The molecule has 0 radical (unpaired) electrons. The number of nitrogens with one attached hydrogen (secondary N) is 4. The van der Waals surface area contributed by atoms with Gasteiger partial charge in [-0.25, -0.2) is 23.5 Å². The number of rotatable bonds is 13. The van der Waals surface area contributed by atoms with Crippen LogP contribution in [0.15, 0.2) is 38.2 Å². The number of H-pyrrole nitrogens is 2. The minimum absolute atomic E-state index is 0.0960. The molecule has 0 amide bonds. The van der Waals surface area contributed by atoms with Gasteiger partial charge in [0, 0.05) is 0 Å².